The van der Waals surface area contributed by atoms with Crippen molar-refractivity contribution in [3.8, 4) is 0 Å². The van der Waals surface area contributed by atoms with Crippen LogP contribution in [-0.2, 0) is 6.42 Å². The number of nitrogen functional groups attached to an aromatic ring is 1. The molecule has 1 aliphatic rings. The molecule has 19 heavy (non-hydrogen) atoms. The summed E-state index contributed by atoms with van der Waals surface area (Å²) < 4.78 is 0. The van der Waals surface area contributed by atoms with Crippen molar-refractivity contribution in [1.29, 1.82) is 0 Å². The van der Waals surface area contributed by atoms with Crippen molar-refractivity contribution in [3.63, 3.8) is 0 Å². The second-order valence-electron chi connectivity index (χ2n) is 4.81. The third kappa shape index (κ3) is 2.19. The number of carbonyl (C=O) groups excluding carboxylic acids is 1. The molecule has 3 nitrogen and oxygen atoms in total. The van der Waals surface area contributed by atoms with Crippen LogP contribution in [-0.4, -0.2) is 12.5 Å². The molecule has 0 saturated carbocycles. The Hall–Kier alpha value is -2.29. The Morgan fingerprint density at radius 3 is 2.58 bits per heavy atom. The summed E-state index contributed by atoms with van der Waals surface area (Å²) in [5.74, 6) is 0.0483. The summed E-state index contributed by atoms with van der Waals surface area (Å²) in [4.78, 5) is 14.4. The monoisotopic (exact) mass is 252 g/mol. The molecule has 0 unspecified atom stereocenters. The molecule has 0 spiro atoms. The molecule has 0 saturated heterocycles. The minimum absolute atomic E-state index is 0.0483. The van der Waals surface area contributed by atoms with Crippen molar-refractivity contribution in [2.75, 3.05) is 17.2 Å². The number of benzene rings is 2. The van der Waals surface area contributed by atoms with E-state index in [9.17, 15) is 4.79 Å². The van der Waals surface area contributed by atoms with Crippen LogP contribution in [0.25, 0.3) is 0 Å². The lowest BCUT2D eigenvalue weighted by Gasteiger charge is -2.29. The standard InChI is InChI=1S/C16H16N2O/c17-14-9-7-13(8-10-14)16(19)18-11-3-5-12-4-1-2-6-15(12)18/h1-2,4,6-10H,3,5,11,17H2. The van der Waals surface area contributed by atoms with Gasteiger partial charge in [-0.3, -0.25) is 4.79 Å². The molecule has 0 bridgehead atoms. The van der Waals surface area contributed by atoms with Crippen LogP contribution in [0.5, 0.6) is 0 Å². The molecule has 0 aliphatic carbocycles. The van der Waals surface area contributed by atoms with Crippen LogP contribution in [0.1, 0.15) is 22.3 Å². The normalized spacial score (nSPS) is 14.0. The van der Waals surface area contributed by atoms with Crippen molar-refractivity contribution >= 4 is 17.3 Å². The fourth-order valence-corrected chi connectivity index (χ4v) is 2.53. The first-order valence-corrected chi connectivity index (χ1v) is 6.51. The first-order chi connectivity index (χ1) is 9.25. The number of anilines is 2. The summed E-state index contributed by atoms with van der Waals surface area (Å²) in [5.41, 5.74) is 9.30. The maximum absolute atomic E-state index is 12.6. The number of amides is 1. The third-order valence-corrected chi connectivity index (χ3v) is 3.51. The SMILES string of the molecule is Nc1ccc(C(=O)N2CCCc3ccccc32)cc1. The Kier molecular flexibility index (Phi) is 2.95. The molecular formula is C16H16N2O. The van der Waals surface area contributed by atoms with E-state index in [-0.39, 0.29) is 5.91 Å². The second-order valence-corrected chi connectivity index (χ2v) is 4.81. The first-order valence-electron chi connectivity index (χ1n) is 6.51. The number of rotatable bonds is 1. The Balaban J connectivity index is 1.95. The largest absolute Gasteiger partial charge is 0.399 e. The van der Waals surface area contributed by atoms with Gasteiger partial charge >= 0.3 is 0 Å². The molecule has 0 aromatic heterocycles. The van der Waals surface area contributed by atoms with Crippen LogP contribution in [0.3, 0.4) is 0 Å². The van der Waals surface area contributed by atoms with Gasteiger partial charge in [-0.1, -0.05) is 18.2 Å². The van der Waals surface area contributed by atoms with Gasteiger partial charge in [-0.05, 0) is 48.7 Å². The van der Waals surface area contributed by atoms with Gasteiger partial charge in [0, 0.05) is 23.5 Å². The molecule has 2 aromatic rings. The summed E-state index contributed by atoms with van der Waals surface area (Å²) >= 11 is 0. The first kappa shape index (κ1) is 11.8. The molecule has 2 N–H and O–H groups in total. The summed E-state index contributed by atoms with van der Waals surface area (Å²) in [6, 6.07) is 15.2. The van der Waals surface area contributed by atoms with E-state index < -0.39 is 0 Å². The van der Waals surface area contributed by atoms with Gasteiger partial charge in [-0.2, -0.15) is 0 Å². The van der Waals surface area contributed by atoms with Crippen molar-refractivity contribution in [2.24, 2.45) is 0 Å². The van der Waals surface area contributed by atoms with E-state index in [1.807, 2.05) is 23.1 Å². The third-order valence-electron chi connectivity index (χ3n) is 3.51. The maximum Gasteiger partial charge on any atom is 0.258 e. The van der Waals surface area contributed by atoms with E-state index in [1.54, 1.807) is 24.3 Å². The number of carbonyl (C=O) groups is 1. The molecule has 3 rings (SSSR count). The van der Waals surface area contributed by atoms with Crippen molar-refractivity contribution in [2.45, 2.75) is 12.8 Å². The van der Waals surface area contributed by atoms with Gasteiger partial charge < -0.3 is 10.6 Å². The Bertz CT molecular complexity index is 604. The Morgan fingerprint density at radius 1 is 1.05 bits per heavy atom. The van der Waals surface area contributed by atoms with Crippen LogP contribution < -0.4 is 10.6 Å². The maximum atomic E-state index is 12.6. The molecule has 1 amide bonds. The molecule has 96 valence electrons. The molecule has 2 aromatic carbocycles. The molecule has 0 fully saturated rings. The smallest absolute Gasteiger partial charge is 0.258 e. The predicted molar refractivity (Wildman–Crippen MR) is 77.3 cm³/mol. The van der Waals surface area contributed by atoms with Crippen LogP contribution in [0.2, 0.25) is 0 Å². The highest BCUT2D eigenvalue weighted by Gasteiger charge is 2.22. The minimum Gasteiger partial charge on any atom is -0.399 e. The van der Waals surface area contributed by atoms with Crippen molar-refractivity contribution < 1.29 is 4.79 Å². The summed E-state index contributed by atoms with van der Waals surface area (Å²) in [5, 5.41) is 0. The number of nitrogens with two attached hydrogens (primary N) is 1. The van der Waals surface area contributed by atoms with Crippen LogP contribution in [0, 0.1) is 0 Å². The topological polar surface area (TPSA) is 46.3 Å². The highest BCUT2D eigenvalue weighted by atomic mass is 16.2. The van der Waals surface area contributed by atoms with E-state index in [0.29, 0.717) is 11.3 Å². The van der Waals surface area contributed by atoms with Crippen LogP contribution >= 0.6 is 0 Å². The lowest BCUT2D eigenvalue weighted by Crippen LogP contribution is -2.35. The molecule has 1 heterocycles. The van der Waals surface area contributed by atoms with E-state index in [1.165, 1.54) is 5.56 Å². The average molecular weight is 252 g/mol. The molecular weight excluding hydrogens is 236 g/mol. The van der Waals surface area contributed by atoms with E-state index in [0.717, 1.165) is 25.1 Å². The lowest BCUT2D eigenvalue weighted by atomic mass is 10.0. The van der Waals surface area contributed by atoms with Gasteiger partial charge in [0.25, 0.3) is 5.91 Å². The second kappa shape index (κ2) is 4.76. The van der Waals surface area contributed by atoms with Crippen LogP contribution in [0.4, 0.5) is 11.4 Å². The van der Waals surface area contributed by atoms with Crippen LogP contribution in [0.15, 0.2) is 48.5 Å². The molecule has 1 aliphatic heterocycles. The number of para-hydroxylation sites is 1. The van der Waals surface area contributed by atoms with Gasteiger partial charge in [-0.25, -0.2) is 0 Å². The average Bonchev–Trinajstić information content (AvgIpc) is 2.47. The highest BCUT2D eigenvalue weighted by Crippen LogP contribution is 2.28. The number of aryl methyl sites for hydroxylation is 1. The molecule has 0 radical (unpaired) electrons. The lowest BCUT2D eigenvalue weighted by molar-refractivity contribution is 0.0985. The van der Waals surface area contributed by atoms with Gasteiger partial charge in [0.2, 0.25) is 0 Å². The number of fused-ring (bicyclic) bond motifs is 1. The van der Waals surface area contributed by atoms with Gasteiger partial charge in [0.15, 0.2) is 0 Å². The van der Waals surface area contributed by atoms with Gasteiger partial charge in [-0.15, -0.1) is 0 Å². The molecule has 0 atom stereocenters. The van der Waals surface area contributed by atoms with Crippen molar-refractivity contribution in [1.82, 2.24) is 0 Å². The zero-order valence-corrected chi connectivity index (χ0v) is 10.7. The van der Waals surface area contributed by atoms with Gasteiger partial charge in [0.1, 0.15) is 0 Å². The zero-order valence-electron chi connectivity index (χ0n) is 10.7. The summed E-state index contributed by atoms with van der Waals surface area (Å²) in [6.07, 6.45) is 2.05. The fourth-order valence-electron chi connectivity index (χ4n) is 2.53. The number of hydrogen-bond acceptors (Lipinski definition) is 2. The Labute approximate surface area is 112 Å². The summed E-state index contributed by atoms with van der Waals surface area (Å²) in [6.45, 7) is 0.778. The van der Waals surface area contributed by atoms with E-state index >= 15 is 0 Å². The zero-order chi connectivity index (χ0) is 13.2. The van der Waals surface area contributed by atoms with E-state index in [4.69, 9.17) is 5.73 Å². The quantitative estimate of drug-likeness (QED) is 0.793. The van der Waals surface area contributed by atoms with E-state index in [2.05, 4.69) is 6.07 Å². The minimum atomic E-state index is 0.0483. The summed E-state index contributed by atoms with van der Waals surface area (Å²) in [7, 11) is 0. The predicted octanol–water partition coefficient (Wildman–Crippen LogP) is 2.86. The van der Waals surface area contributed by atoms with Gasteiger partial charge in [0.05, 0.1) is 0 Å². The molecule has 3 heteroatoms. The number of hydrogen-bond donors (Lipinski definition) is 1. The Morgan fingerprint density at radius 2 is 1.79 bits per heavy atom. The van der Waals surface area contributed by atoms with Crippen molar-refractivity contribution in [3.05, 3.63) is 59.7 Å². The fraction of sp³-hybridized carbons (Fsp3) is 0.188. The number of nitrogens with zero attached hydrogens (tertiary/aromatic N) is 1. The highest BCUT2D eigenvalue weighted by molar-refractivity contribution is 6.06.